The average Bonchev–Trinajstić information content (AvgIpc) is 2.64. The van der Waals surface area contributed by atoms with Gasteiger partial charge in [-0.1, -0.05) is 0 Å². The second-order valence-electron chi connectivity index (χ2n) is 1.93. The van der Waals surface area contributed by atoms with Gasteiger partial charge in [0.25, 0.3) is 5.96 Å². The molecule has 5 heteroatoms. The van der Waals surface area contributed by atoms with Gasteiger partial charge in [0.05, 0.1) is 0 Å². The number of hydrogen-bond acceptors (Lipinski definition) is 4. The number of aromatic nitrogens is 1. The van der Waals surface area contributed by atoms with Gasteiger partial charge in [-0.2, -0.15) is 0 Å². The van der Waals surface area contributed by atoms with E-state index in [1.807, 2.05) is 0 Å². The Labute approximate surface area is 56.2 Å². The van der Waals surface area contributed by atoms with E-state index in [-0.39, 0.29) is 11.8 Å². The molecular formula is C5H5N3O2. The van der Waals surface area contributed by atoms with Crippen LogP contribution in [0.15, 0.2) is 17.2 Å². The number of nitrogens with one attached hydrogen (secondary N) is 1. The minimum atomic E-state index is -0.0266. The summed E-state index contributed by atoms with van der Waals surface area (Å²) in [5.74, 6) is 0.405. The van der Waals surface area contributed by atoms with Crippen LogP contribution in [0.25, 0.3) is 0 Å². The molecule has 2 rings (SSSR count). The summed E-state index contributed by atoms with van der Waals surface area (Å²) in [4.78, 5) is 0. The van der Waals surface area contributed by atoms with Crippen LogP contribution in [0.1, 0.15) is 0 Å². The van der Waals surface area contributed by atoms with E-state index in [4.69, 9.17) is 10.2 Å². The lowest BCUT2D eigenvalue weighted by atomic mass is 10.6. The van der Waals surface area contributed by atoms with Gasteiger partial charge in [0, 0.05) is 12.1 Å². The Balaban J connectivity index is 2.54. The van der Waals surface area contributed by atoms with Gasteiger partial charge in [-0.05, 0) is 0 Å². The van der Waals surface area contributed by atoms with Crippen LogP contribution in [0.3, 0.4) is 0 Å². The summed E-state index contributed by atoms with van der Waals surface area (Å²) in [6, 6.07) is 2.77. The van der Waals surface area contributed by atoms with Crippen LogP contribution in [0.2, 0.25) is 0 Å². The molecule has 1 aromatic rings. The summed E-state index contributed by atoms with van der Waals surface area (Å²) in [6.07, 6.45) is 0. The molecule has 0 unspecified atom stereocenters. The molecule has 0 saturated heterocycles. The molecule has 52 valence electrons. The molecule has 0 saturated carbocycles. The first kappa shape index (κ1) is 5.16. The maximum atomic E-state index is 9.02. The fourth-order valence-corrected chi connectivity index (χ4v) is 0.758. The highest BCUT2D eigenvalue weighted by molar-refractivity contribution is 5.92. The van der Waals surface area contributed by atoms with Crippen LogP contribution >= 0.6 is 0 Å². The number of rotatable bonds is 0. The molecule has 0 atom stereocenters. The molecular weight excluding hydrogens is 134 g/mol. The standard InChI is InChI=1S/C5H5N3O2/c9-3-1-2-4(10)8(3)5-6-7-5/h1-2,9-10H,(H,6,7). The summed E-state index contributed by atoms with van der Waals surface area (Å²) in [5.41, 5.74) is 2.50. The van der Waals surface area contributed by atoms with Crippen molar-refractivity contribution in [2.45, 2.75) is 0 Å². The molecule has 0 spiro atoms. The Kier molecular flexibility index (Phi) is 0.743. The Morgan fingerprint density at radius 2 is 1.80 bits per heavy atom. The second-order valence-corrected chi connectivity index (χ2v) is 1.93. The van der Waals surface area contributed by atoms with E-state index in [2.05, 4.69) is 10.5 Å². The van der Waals surface area contributed by atoms with Gasteiger partial charge in [-0.15, -0.1) is 5.10 Å². The van der Waals surface area contributed by atoms with Gasteiger partial charge in [-0.3, -0.25) is 0 Å². The number of hydrazone groups is 1. The number of hydrogen-bond donors (Lipinski definition) is 3. The Morgan fingerprint density at radius 1 is 1.30 bits per heavy atom. The van der Waals surface area contributed by atoms with Crippen molar-refractivity contribution < 1.29 is 10.2 Å². The Hall–Kier alpha value is -1.65. The summed E-state index contributed by atoms with van der Waals surface area (Å²) < 4.78 is 1.19. The van der Waals surface area contributed by atoms with Crippen molar-refractivity contribution in [1.82, 2.24) is 9.99 Å². The topological polar surface area (TPSA) is 79.7 Å². The summed E-state index contributed by atoms with van der Waals surface area (Å²) in [5, 5.41) is 21.6. The fraction of sp³-hybridized carbons (Fsp3) is 0. The first-order valence-electron chi connectivity index (χ1n) is 2.73. The van der Waals surface area contributed by atoms with Crippen molar-refractivity contribution in [3.05, 3.63) is 12.1 Å². The summed E-state index contributed by atoms with van der Waals surface area (Å²) >= 11 is 0. The van der Waals surface area contributed by atoms with E-state index >= 15 is 0 Å². The van der Waals surface area contributed by atoms with Crippen LogP contribution in [-0.4, -0.2) is 20.7 Å². The largest absolute Gasteiger partial charge is 0.494 e. The lowest BCUT2D eigenvalue weighted by Crippen LogP contribution is -2.05. The average molecular weight is 139 g/mol. The van der Waals surface area contributed by atoms with E-state index in [1.165, 1.54) is 16.7 Å². The zero-order chi connectivity index (χ0) is 7.14. The maximum Gasteiger partial charge on any atom is 0.251 e. The van der Waals surface area contributed by atoms with E-state index in [0.29, 0.717) is 5.96 Å². The minimum absolute atomic E-state index is 0.0266. The Bertz CT molecular complexity index is 282. The van der Waals surface area contributed by atoms with Gasteiger partial charge in [0.15, 0.2) is 0 Å². The number of aromatic hydroxyl groups is 2. The third-order valence-electron chi connectivity index (χ3n) is 1.26. The molecule has 0 bridgehead atoms. The first-order chi connectivity index (χ1) is 4.79. The highest BCUT2D eigenvalue weighted by Crippen LogP contribution is 2.21. The molecule has 2 heterocycles. The van der Waals surface area contributed by atoms with Crippen LogP contribution < -0.4 is 5.43 Å². The zero-order valence-corrected chi connectivity index (χ0v) is 4.94. The normalized spacial score (nSPS) is 14.2. The third kappa shape index (κ3) is 0.540. The predicted molar refractivity (Wildman–Crippen MR) is 33.7 cm³/mol. The minimum Gasteiger partial charge on any atom is -0.494 e. The molecule has 5 nitrogen and oxygen atoms in total. The molecule has 0 amide bonds. The van der Waals surface area contributed by atoms with Gasteiger partial charge in [-0.25, -0.2) is 9.99 Å². The quantitative estimate of drug-likeness (QED) is 0.458. The summed E-state index contributed by atoms with van der Waals surface area (Å²) in [6.45, 7) is 0. The second kappa shape index (κ2) is 1.44. The molecule has 0 fully saturated rings. The van der Waals surface area contributed by atoms with Crippen molar-refractivity contribution >= 4 is 5.96 Å². The van der Waals surface area contributed by atoms with Gasteiger partial charge in [0.2, 0.25) is 11.8 Å². The van der Waals surface area contributed by atoms with Gasteiger partial charge >= 0.3 is 0 Å². The molecule has 0 radical (unpaired) electrons. The third-order valence-corrected chi connectivity index (χ3v) is 1.26. The maximum absolute atomic E-state index is 9.02. The summed E-state index contributed by atoms with van der Waals surface area (Å²) in [7, 11) is 0. The van der Waals surface area contributed by atoms with Crippen LogP contribution in [0, 0.1) is 0 Å². The van der Waals surface area contributed by atoms with Gasteiger partial charge < -0.3 is 10.2 Å². The zero-order valence-electron chi connectivity index (χ0n) is 4.94. The van der Waals surface area contributed by atoms with Crippen molar-refractivity contribution in [3.63, 3.8) is 0 Å². The smallest absolute Gasteiger partial charge is 0.251 e. The van der Waals surface area contributed by atoms with Crippen LogP contribution in [0.4, 0.5) is 0 Å². The van der Waals surface area contributed by atoms with Crippen molar-refractivity contribution in [2.24, 2.45) is 5.10 Å². The van der Waals surface area contributed by atoms with Crippen LogP contribution in [0.5, 0.6) is 11.8 Å². The molecule has 1 aliphatic rings. The predicted octanol–water partition coefficient (Wildman–Crippen LogP) is -0.378. The lowest BCUT2D eigenvalue weighted by molar-refractivity contribution is 0.409. The monoisotopic (exact) mass is 139 g/mol. The van der Waals surface area contributed by atoms with Crippen LogP contribution in [-0.2, 0) is 0 Å². The first-order valence-corrected chi connectivity index (χ1v) is 2.73. The van der Waals surface area contributed by atoms with Crippen molar-refractivity contribution in [3.8, 4) is 11.8 Å². The van der Waals surface area contributed by atoms with E-state index in [0.717, 1.165) is 0 Å². The number of nitrogens with zero attached hydrogens (tertiary/aromatic N) is 2. The molecule has 10 heavy (non-hydrogen) atoms. The van der Waals surface area contributed by atoms with Crippen molar-refractivity contribution in [1.29, 1.82) is 0 Å². The molecule has 1 aliphatic heterocycles. The molecule has 1 aromatic heterocycles. The lowest BCUT2D eigenvalue weighted by Gasteiger charge is -1.94. The molecule has 0 aliphatic carbocycles. The van der Waals surface area contributed by atoms with E-state index in [9.17, 15) is 0 Å². The SMILES string of the molecule is Oc1ccc(O)n1C1=NN1. The van der Waals surface area contributed by atoms with Gasteiger partial charge in [0.1, 0.15) is 0 Å². The van der Waals surface area contributed by atoms with E-state index < -0.39 is 0 Å². The Morgan fingerprint density at radius 3 is 2.20 bits per heavy atom. The molecule has 3 N–H and O–H groups in total. The molecule has 0 aromatic carbocycles. The van der Waals surface area contributed by atoms with Crippen molar-refractivity contribution in [2.75, 3.05) is 0 Å². The van der Waals surface area contributed by atoms with E-state index in [1.54, 1.807) is 0 Å². The highest BCUT2D eigenvalue weighted by atomic mass is 16.3. The fourth-order valence-electron chi connectivity index (χ4n) is 0.758. The highest BCUT2D eigenvalue weighted by Gasteiger charge is 2.18.